The van der Waals surface area contributed by atoms with E-state index in [9.17, 15) is 19.8 Å². The number of allylic oxidation sites excluding steroid dienone is 7. The second-order valence-electron chi connectivity index (χ2n) is 21.7. The molecule has 0 aliphatic carbocycles. The topological polar surface area (TPSA) is 95.9 Å². The summed E-state index contributed by atoms with van der Waals surface area (Å²) in [6.07, 6.45) is 78.7. The zero-order valence-electron chi connectivity index (χ0n) is 48.2. The van der Waals surface area contributed by atoms with E-state index in [1.807, 2.05) is 6.08 Å². The van der Waals surface area contributed by atoms with Crippen molar-refractivity contribution in [3.63, 3.8) is 0 Å². The molecule has 0 bridgehead atoms. The fourth-order valence-electron chi connectivity index (χ4n) is 9.66. The molecule has 3 N–H and O–H groups in total. The molecule has 0 aromatic rings. The number of aliphatic hydroxyl groups is 2. The highest BCUT2D eigenvalue weighted by atomic mass is 16.5. The quantitative estimate of drug-likeness (QED) is 0.0320. The third-order valence-corrected chi connectivity index (χ3v) is 14.6. The van der Waals surface area contributed by atoms with Crippen molar-refractivity contribution in [1.29, 1.82) is 0 Å². The molecule has 0 aliphatic rings. The van der Waals surface area contributed by atoms with Crippen molar-refractivity contribution >= 4 is 11.9 Å². The van der Waals surface area contributed by atoms with E-state index in [4.69, 9.17) is 4.74 Å². The number of rotatable bonds is 59. The van der Waals surface area contributed by atoms with Crippen molar-refractivity contribution in [2.45, 2.75) is 347 Å². The first-order valence-corrected chi connectivity index (χ1v) is 31.9. The van der Waals surface area contributed by atoms with Crippen molar-refractivity contribution in [2.24, 2.45) is 0 Å². The number of aliphatic hydroxyl groups excluding tert-OH is 2. The maximum Gasteiger partial charge on any atom is 0.305 e. The van der Waals surface area contributed by atoms with Gasteiger partial charge in [-0.25, -0.2) is 0 Å². The Balaban J connectivity index is 3.47. The summed E-state index contributed by atoms with van der Waals surface area (Å²) in [6, 6.07) is -0.636. The Labute approximate surface area is 448 Å². The standard InChI is InChI=1S/C66H123NO5/c1-3-5-7-9-11-13-15-17-19-30-34-38-42-46-50-54-58-64(69)63(62-68)67-65(70)59-55-51-47-43-39-35-31-28-26-24-22-21-23-25-27-29-33-37-41-45-49-53-57-61-72-66(71)60-56-52-48-44-40-36-32-20-18-16-14-12-10-8-6-4-2/h20-21,23-24,26,32,54,58,63-64,68-69H,3-19,22,25,27-31,33-53,55-57,59-62H2,1-2H3,(H,67,70)/b23-21-,26-24-,32-20-,58-54+. The molecule has 0 saturated carbocycles. The van der Waals surface area contributed by atoms with Crippen LogP contribution in [0.2, 0.25) is 0 Å². The average Bonchev–Trinajstić information content (AvgIpc) is 3.38. The van der Waals surface area contributed by atoms with Gasteiger partial charge >= 0.3 is 5.97 Å². The van der Waals surface area contributed by atoms with Crippen LogP contribution in [-0.2, 0) is 14.3 Å². The summed E-state index contributed by atoms with van der Waals surface area (Å²) in [5, 5.41) is 23.1. The van der Waals surface area contributed by atoms with Gasteiger partial charge in [0.2, 0.25) is 5.91 Å². The normalized spacial score (nSPS) is 12.9. The SMILES string of the molecule is CCCCCCCCC/C=C\CCCCCCCC(=O)OCCCCCCCCCCC/C=C\C/C=C\CCCCCCCCCC(=O)NC(CO)C(O)/C=C/CCCCCCCCCCCCCCCC. The average molecular weight is 1010 g/mol. The van der Waals surface area contributed by atoms with Crippen LogP contribution in [0, 0.1) is 0 Å². The van der Waals surface area contributed by atoms with Crippen molar-refractivity contribution in [1.82, 2.24) is 5.32 Å². The van der Waals surface area contributed by atoms with Crippen LogP contribution >= 0.6 is 0 Å². The number of hydrogen-bond acceptors (Lipinski definition) is 5. The van der Waals surface area contributed by atoms with Crippen molar-refractivity contribution in [2.75, 3.05) is 13.2 Å². The number of nitrogens with one attached hydrogen (secondary N) is 1. The first kappa shape index (κ1) is 69.8. The van der Waals surface area contributed by atoms with E-state index in [0.29, 0.717) is 19.4 Å². The number of hydrogen-bond donors (Lipinski definition) is 3. The Morgan fingerprint density at radius 2 is 0.694 bits per heavy atom. The molecule has 0 radical (unpaired) electrons. The van der Waals surface area contributed by atoms with Crippen LogP contribution in [0.3, 0.4) is 0 Å². The molecule has 0 aromatic carbocycles. The summed E-state index contributed by atoms with van der Waals surface area (Å²) < 4.78 is 5.48. The molecule has 6 heteroatoms. The second-order valence-corrected chi connectivity index (χ2v) is 21.7. The molecule has 72 heavy (non-hydrogen) atoms. The lowest BCUT2D eigenvalue weighted by Crippen LogP contribution is -2.45. The molecule has 0 aromatic heterocycles. The van der Waals surface area contributed by atoms with E-state index >= 15 is 0 Å². The van der Waals surface area contributed by atoms with Crippen molar-refractivity contribution in [3.05, 3.63) is 48.6 Å². The van der Waals surface area contributed by atoms with E-state index < -0.39 is 12.1 Å². The Bertz CT molecular complexity index is 1210. The summed E-state index contributed by atoms with van der Waals surface area (Å²) in [7, 11) is 0. The van der Waals surface area contributed by atoms with Gasteiger partial charge < -0.3 is 20.3 Å². The number of unbranched alkanes of at least 4 members (excludes halogenated alkanes) is 42. The summed E-state index contributed by atoms with van der Waals surface area (Å²) in [5.74, 6) is -0.0786. The lowest BCUT2D eigenvalue weighted by Gasteiger charge is -2.20. The zero-order chi connectivity index (χ0) is 52.2. The van der Waals surface area contributed by atoms with Crippen LogP contribution in [0.25, 0.3) is 0 Å². The molecule has 0 saturated heterocycles. The predicted molar refractivity (Wildman–Crippen MR) is 315 cm³/mol. The van der Waals surface area contributed by atoms with Gasteiger partial charge in [-0.3, -0.25) is 9.59 Å². The van der Waals surface area contributed by atoms with Gasteiger partial charge in [0, 0.05) is 12.8 Å². The third-order valence-electron chi connectivity index (χ3n) is 14.6. The molecule has 0 spiro atoms. The highest BCUT2D eigenvalue weighted by Crippen LogP contribution is 2.16. The Morgan fingerprint density at radius 3 is 1.07 bits per heavy atom. The van der Waals surface area contributed by atoms with E-state index in [-0.39, 0.29) is 18.5 Å². The minimum absolute atomic E-state index is 0.00104. The Kier molecular flexibility index (Phi) is 59.5. The molecule has 2 atom stereocenters. The smallest absolute Gasteiger partial charge is 0.305 e. The molecular formula is C66H123NO5. The van der Waals surface area contributed by atoms with Crippen LogP contribution in [0.4, 0.5) is 0 Å². The Hall–Kier alpha value is -2.18. The molecule has 0 aliphatic heterocycles. The van der Waals surface area contributed by atoms with Crippen LogP contribution < -0.4 is 5.32 Å². The minimum Gasteiger partial charge on any atom is -0.466 e. The zero-order valence-corrected chi connectivity index (χ0v) is 48.2. The van der Waals surface area contributed by atoms with E-state index in [2.05, 4.69) is 55.6 Å². The van der Waals surface area contributed by atoms with E-state index in [1.165, 1.54) is 244 Å². The summed E-state index contributed by atoms with van der Waals surface area (Å²) in [4.78, 5) is 24.5. The molecular weight excluding hydrogens is 887 g/mol. The predicted octanol–water partition coefficient (Wildman–Crippen LogP) is 20.1. The minimum atomic E-state index is -0.852. The first-order valence-electron chi connectivity index (χ1n) is 31.9. The van der Waals surface area contributed by atoms with Crippen molar-refractivity contribution < 1.29 is 24.5 Å². The molecule has 2 unspecified atom stereocenters. The first-order chi connectivity index (χ1) is 35.5. The van der Waals surface area contributed by atoms with Gasteiger partial charge in [-0.05, 0) is 89.9 Å². The molecule has 1 amide bonds. The monoisotopic (exact) mass is 1010 g/mol. The largest absolute Gasteiger partial charge is 0.466 e. The number of carbonyl (C=O) groups excluding carboxylic acids is 2. The fraction of sp³-hybridized carbons (Fsp3) is 0.848. The molecule has 6 nitrogen and oxygen atoms in total. The molecule has 422 valence electrons. The van der Waals surface area contributed by atoms with Crippen LogP contribution in [-0.4, -0.2) is 47.4 Å². The van der Waals surface area contributed by atoms with Crippen molar-refractivity contribution in [3.8, 4) is 0 Å². The molecule has 0 rings (SSSR count). The van der Waals surface area contributed by atoms with Crippen LogP contribution in [0.15, 0.2) is 48.6 Å². The van der Waals surface area contributed by atoms with Crippen LogP contribution in [0.1, 0.15) is 335 Å². The lowest BCUT2D eigenvalue weighted by molar-refractivity contribution is -0.143. The highest BCUT2D eigenvalue weighted by Gasteiger charge is 2.18. The van der Waals surface area contributed by atoms with Gasteiger partial charge in [0.1, 0.15) is 0 Å². The maximum atomic E-state index is 12.5. The second kappa shape index (κ2) is 61.4. The lowest BCUT2D eigenvalue weighted by atomic mass is 10.0. The number of ether oxygens (including phenoxy) is 1. The van der Waals surface area contributed by atoms with Gasteiger partial charge in [-0.15, -0.1) is 0 Å². The molecule has 0 fully saturated rings. The van der Waals surface area contributed by atoms with E-state index in [1.54, 1.807) is 6.08 Å². The number of amides is 1. The highest BCUT2D eigenvalue weighted by molar-refractivity contribution is 5.76. The number of esters is 1. The summed E-state index contributed by atoms with van der Waals surface area (Å²) in [5.41, 5.74) is 0. The Morgan fingerprint density at radius 1 is 0.389 bits per heavy atom. The maximum absolute atomic E-state index is 12.5. The summed E-state index contributed by atoms with van der Waals surface area (Å²) in [6.45, 7) is 4.90. The van der Waals surface area contributed by atoms with E-state index in [0.717, 1.165) is 64.2 Å². The molecule has 0 heterocycles. The van der Waals surface area contributed by atoms with Gasteiger partial charge in [0.25, 0.3) is 0 Å². The van der Waals surface area contributed by atoms with Gasteiger partial charge in [-0.2, -0.15) is 0 Å². The number of carbonyl (C=O) groups is 2. The van der Waals surface area contributed by atoms with Gasteiger partial charge in [0.15, 0.2) is 0 Å². The van der Waals surface area contributed by atoms with Crippen LogP contribution in [0.5, 0.6) is 0 Å². The third kappa shape index (κ3) is 57.1. The summed E-state index contributed by atoms with van der Waals surface area (Å²) >= 11 is 0. The van der Waals surface area contributed by atoms with Gasteiger partial charge in [0.05, 0.1) is 25.4 Å². The fourth-order valence-corrected chi connectivity index (χ4v) is 9.66. The van der Waals surface area contributed by atoms with Gasteiger partial charge in [-0.1, -0.05) is 281 Å².